The number of hydrogen-bond donors (Lipinski definition) is 1. The van der Waals surface area contributed by atoms with Crippen LogP contribution in [0.1, 0.15) is 11.1 Å². The maximum absolute atomic E-state index is 12.9. The Labute approximate surface area is 200 Å². The lowest BCUT2D eigenvalue weighted by atomic mass is 10.1. The zero-order chi connectivity index (χ0) is 22.9. The monoisotopic (exact) mass is 479 g/mol. The molecule has 10 heteroatoms. The van der Waals surface area contributed by atoms with Gasteiger partial charge in [0.2, 0.25) is 5.91 Å². The van der Waals surface area contributed by atoms with E-state index in [2.05, 4.69) is 25.4 Å². The molecule has 0 fully saturated rings. The molecular formula is C23H19Cl2N7O. The summed E-state index contributed by atoms with van der Waals surface area (Å²) in [5.41, 5.74) is 3.36. The van der Waals surface area contributed by atoms with Crippen molar-refractivity contribution in [3.8, 4) is 11.1 Å². The first-order valence-electron chi connectivity index (χ1n) is 10.3. The van der Waals surface area contributed by atoms with E-state index in [4.69, 9.17) is 23.2 Å². The van der Waals surface area contributed by atoms with Crippen molar-refractivity contribution < 1.29 is 4.79 Å². The van der Waals surface area contributed by atoms with E-state index < -0.39 is 0 Å². The largest absolute Gasteiger partial charge is 0.325 e. The molecule has 166 valence electrons. The Bertz CT molecular complexity index is 1350. The molecule has 0 bridgehead atoms. The number of halogens is 2. The van der Waals surface area contributed by atoms with Crippen molar-refractivity contribution >= 4 is 46.6 Å². The summed E-state index contributed by atoms with van der Waals surface area (Å²) in [7, 11) is 1.85. The minimum absolute atomic E-state index is 0.0616. The van der Waals surface area contributed by atoms with E-state index >= 15 is 0 Å². The Hall–Kier alpha value is -3.49. The maximum Gasteiger partial charge on any atom is 0.232 e. The number of hydrogen-bond acceptors (Lipinski definition) is 6. The number of carbonyl (C=O) groups is 1. The molecule has 0 radical (unpaired) electrons. The zero-order valence-corrected chi connectivity index (χ0v) is 19.2. The summed E-state index contributed by atoms with van der Waals surface area (Å²) in [4.78, 5) is 27.6. The van der Waals surface area contributed by atoms with Crippen molar-refractivity contribution in [1.82, 2.24) is 24.7 Å². The first-order valence-corrected chi connectivity index (χ1v) is 11.0. The van der Waals surface area contributed by atoms with Crippen LogP contribution in [0.3, 0.4) is 0 Å². The van der Waals surface area contributed by atoms with Crippen molar-refractivity contribution in [3.05, 3.63) is 76.4 Å². The SMILES string of the molecule is Cn1nccc1Nc1cc(-c2cnc3c(c2)CCN3C(=O)Cc2cccnc2Cl)c(Cl)cn1. The van der Waals surface area contributed by atoms with Crippen LogP contribution in [0.25, 0.3) is 11.1 Å². The van der Waals surface area contributed by atoms with Crippen molar-refractivity contribution in [1.29, 1.82) is 0 Å². The van der Waals surface area contributed by atoms with Gasteiger partial charge >= 0.3 is 0 Å². The molecule has 0 saturated carbocycles. The van der Waals surface area contributed by atoms with Gasteiger partial charge in [0.15, 0.2) is 0 Å². The lowest BCUT2D eigenvalue weighted by Crippen LogP contribution is -2.31. The second-order valence-electron chi connectivity index (χ2n) is 7.65. The van der Waals surface area contributed by atoms with Gasteiger partial charge in [0, 0.05) is 49.4 Å². The fraction of sp³-hybridized carbons (Fsp3) is 0.174. The van der Waals surface area contributed by atoms with Gasteiger partial charge in [0.1, 0.15) is 22.6 Å². The summed E-state index contributed by atoms with van der Waals surface area (Å²) in [6.45, 7) is 0.569. The summed E-state index contributed by atoms with van der Waals surface area (Å²) < 4.78 is 1.72. The van der Waals surface area contributed by atoms with Crippen LogP contribution in [-0.4, -0.2) is 37.2 Å². The van der Waals surface area contributed by atoms with Crippen LogP contribution in [0.2, 0.25) is 10.2 Å². The second kappa shape index (κ2) is 8.80. The molecule has 0 atom stereocenters. The average Bonchev–Trinajstić information content (AvgIpc) is 3.42. The number of anilines is 3. The van der Waals surface area contributed by atoms with Crippen LogP contribution in [-0.2, 0) is 24.7 Å². The molecule has 1 aliphatic rings. The van der Waals surface area contributed by atoms with Crippen LogP contribution < -0.4 is 10.2 Å². The van der Waals surface area contributed by atoms with Gasteiger partial charge < -0.3 is 5.32 Å². The van der Waals surface area contributed by atoms with Crippen LogP contribution >= 0.6 is 23.2 Å². The quantitative estimate of drug-likeness (QED) is 0.425. The Balaban J connectivity index is 1.39. The van der Waals surface area contributed by atoms with Crippen molar-refractivity contribution in [2.45, 2.75) is 12.8 Å². The molecule has 0 spiro atoms. The first-order chi connectivity index (χ1) is 16.0. The van der Waals surface area contributed by atoms with E-state index in [0.717, 1.165) is 22.5 Å². The van der Waals surface area contributed by atoms with Gasteiger partial charge in [-0.05, 0) is 35.7 Å². The van der Waals surface area contributed by atoms with E-state index in [0.29, 0.717) is 40.3 Å². The van der Waals surface area contributed by atoms with E-state index in [9.17, 15) is 4.79 Å². The molecule has 5 heterocycles. The Morgan fingerprint density at radius 3 is 2.79 bits per heavy atom. The third-order valence-corrected chi connectivity index (χ3v) is 6.17. The molecule has 0 aromatic carbocycles. The summed E-state index contributed by atoms with van der Waals surface area (Å²) in [5, 5.41) is 8.25. The highest BCUT2D eigenvalue weighted by Gasteiger charge is 2.27. The highest BCUT2D eigenvalue weighted by atomic mass is 35.5. The molecule has 0 saturated heterocycles. The third kappa shape index (κ3) is 4.27. The maximum atomic E-state index is 12.9. The lowest BCUT2D eigenvalue weighted by molar-refractivity contribution is -0.117. The first kappa shape index (κ1) is 21.4. The number of carbonyl (C=O) groups excluding carboxylic acids is 1. The summed E-state index contributed by atoms with van der Waals surface area (Å²) in [6.07, 6.45) is 7.54. The smallest absolute Gasteiger partial charge is 0.232 e. The number of nitrogens with zero attached hydrogens (tertiary/aromatic N) is 6. The number of aromatic nitrogens is 5. The van der Waals surface area contributed by atoms with E-state index in [1.807, 2.05) is 31.3 Å². The average molecular weight is 480 g/mol. The van der Waals surface area contributed by atoms with Crippen LogP contribution in [0.4, 0.5) is 17.5 Å². The lowest BCUT2D eigenvalue weighted by Gasteiger charge is -2.17. The second-order valence-corrected chi connectivity index (χ2v) is 8.41. The molecule has 8 nitrogen and oxygen atoms in total. The van der Waals surface area contributed by atoms with Crippen molar-refractivity contribution in [3.63, 3.8) is 0 Å². The highest BCUT2D eigenvalue weighted by molar-refractivity contribution is 6.33. The number of rotatable bonds is 5. The van der Waals surface area contributed by atoms with E-state index in [1.54, 1.807) is 40.4 Å². The zero-order valence-electron chi connectivity index (χ0n) is 17.7. The third-order valence-electron chi connectivity index (χ3n) is 5.53. The Kier molecular flexibility index (Phi) is 5.70. The molecule has 4 aromatic heterocycles. The van der Waals surface area contributed by atoms with Gasteiger partial charge in [-0.1, -0.05) is 29.3 Å². The Morgan fingerprint density at radius 2 is 2.00 bits per heavy atom. The fourth-order valence-electron chi connectivity index (χ4n) is 3.82. The number of amides is 1. The molecule has 1 amide bonds. The topological polar surface area (TPSA) is 88.8 Å². The number of fused-ring (bicyclic) bond motifs is 1. The van der Waals surface area contributed by atoms with Gasteiger partial charge in [-0.25, -0.2) is 15.0 Å². The van der Waals surface area contributed by atoms with Gasteiger partial charge in [-0.3, -0.25) is 14.4 Å². The van der Waals surface area contributed by atoms with Crippen molar-refractivity contribution in [2.24, 2.45) is 7.05 Å². The Morgan fingerprint density at radius 1 is 1.12 bits per heavy atom. The van der Waals surface area contributed by atoms with Crippen molar-refractivity contribution in [2.75, 3.05) is 16.8 Å². The number of pyridine rings is 3. The minimum Gasteiger partial charge on any atom is -0.325 e. The van der Waals surface area contributed by atoms with Gasteiger partial charge in [-0.15, -0.1) is 0 Å². The molecule has 0 unspecified atom stereocenters. The summed E-state index contributed by atoms with van der Waals surface area (Å²) in [5.74, 6) is 2.06. The number of aryl methyl sites for hydroxylation is 1. The standard InChI is InChI=1S/C23H19Cl2N7O/c1-31-20(4-7-29-31)30-19-11-17(18(24)13-27-19)16-9-15-5-8-32(23(15)28-12-16)21(33)10-14-3-2-6-26-22(14)25/h2-4,6-7,9,11-13H,5,8,10H2,1H3,(H,27,30). The highest BCUT2D eigenvalue weighted by Crippen LogP contribution is 2.34. The summed E-state index contributed by atoms with van der Waals surface area (Å²) in [6, 6.07) is 9.34. The minimum atomic E-state index is -0.0616. The molecule has 4 aromatic rings. The van der Waals surface area contributed by atoms with Gasteiger partial charge in [0.05, 0.1) is 17.6 Å². The number of nitrogens with one attached hydrogen (secondary N) is 1. The molecule has 1 N–H and O–H groups in total. The molecular weight excluding hydrogens is 461 g/mol. The molecule has 1 aliphatic heterocycles. The molecule has 5 rings (SSSR count). The van der Waals surface area contributed by atoms with E-state index in [1.165, 1.54) is 0 Å². The predicted octanol–water partition coefficient (Wildman–Crippen LogP) is 4.45. The summed E-state index contributed by atoms with van der Waals surface area (Å²) >= 11 is 12.6. The normalized spacial score (nSPS) is 12.6. The van der Waals surface area contributed by atoms with Crippen LogP contribution in [0.15, 0.2) is 55.1 Å². The van der Waals surface area contributed by atoms with Gasteiger partial charge in [0.25, 0.3) is 0 Å². The van der Waals surface area contributed by atoms with Crippen LogP contribution in [0, 0.1) is 0 Å². The fourth-order valence-corrected chi connectivity index (χ4v) is 4.22. The van der Waals surface area contributed by atoms with E-state index in [-0.39, 0.29) is 12.3 Å². The predicted molar refractivity (Wildman–Crippen MR) is 128 cm³/mol. The van der Waals surface area contributed by atoms with Gasteiger partial charge in [-0.2, -0.15) is 5.10 Å². The molecule has 33 heavy (non-hydrogen) atoms. The van der Waals surface area contributed by atoms with Crippen LogP contribution in [0.5, 0.6) is 0 Å². The molecule has 0 aliphatic carbocycles.